The highest BCUT2D eigenvalue weighted by molar-refractivity contribution is 5.75. The van der Waals surface area contributed by atoms with Crippen molar-refractivity contribution in [3.8, 4) is 0 Å². The lowest BCUT2D eigenvalue weighted by Crippen LogP contribution is -2.50. The molecule has 3 saturated heterocycles. The lowest BCUT2D eigenvalue weighted by molar-refractivity contribution is 0.138. The minimum Gasteiger partial charge on any atom is -0.338 e. The number of hydrogen-bond donors (Lipinski definition) is 1. The Morgan fingerprint density at radius 1 is 0.871 bits per heavy atom. The molecule has 0 radical (unpaired) electrons. The van der Waals surface area contributed by atoms with Crippen LogP contribution >= 0.6 is 0 Å². The van der Waals surface area contributed by atoms with Crippen molar-refractivity contribution >= 4 is 6.03 Å². The number of carbonyl (C=O) groups is 1. The number of rotatable bonds is 6. The first-order valence-corrected chi connectivity index (χ1v) is 12.2. The number of nitrogens with zero attached hydrogens (tertiary/aromatic N) is 2. The molecule has 2 aromatic carbocycles. The molecule has 0 aromatic heterocycles. The van der Waals surface area contributed by atoms with Crippen molar-refractivity contribution in [1.82, 2.24) is 15.1 Å². The van der Waals surface area contributed by atoms with Crippen molar-refractivity contribution in [3.05, 3.63) is 71.3 Å². The van der Waals surface area contributed by atoms with E-state index >= 15 is 0 Å². The maximum absolute atomic E-state index is 12.9. The lowest BCUT2D eigenvalue weighted by atomic mass is 9.85. The zero-order chi connectivity index (χ0) is 21.0. The molecular weight excluding hydrogens is 382 g/mol. The summed E-state index contributed by atoms with van der Waals surface area (Å²) in [7, 11) is 0. The number of amides is 2. The molecule has 4 heteroatoms. The number of piperidine rings is 1. The van der Waals surface area contributed by atoms with Crippen LogP contribution in [0.1, 0.15) is 61.1 Å². The van der Waals surface area contributed by atoms with Crippen LogP contribution < -0.4 is 5.32 Å². The molecule has 3 aliphatic heterocycles. The van der Waals surface area contributed by atoms with Gasteiger partial charge in [-0.3, -0.25) is 4.90 Å². The molecule has 4 nitrogen and oxygen atoms in total. The summed E-state index contributed by atoms with van der Waals surface area (Å²) in [6.45, 7) is 4.25. The molecule has 3 heterocycles. The molecular formula is C27H35N3O. The average molecular weight is 418 g/mol. The van der Waals surface area contributed by atoms with E-state index in [2.05, 4.69) is 69.7 Å². The molecule has 0 saturated carbocycles. The summed E-state index contributed by atoms with van der Waals surface area (Å²) in [6.07, 6.45) is 8.08. The standard InChI is InChI=1S/C27H35N3O/c31-27(28-15-14-21-8-10-22(11-9-21)20-29-16-4-5-17-29)30-25-12-13-26(30)19-24(18-25)23-6-2-1-3-7-23/h1-3,6-11,24-26H,4-5,12-20H2,(H,28,31). The lowest BCUT2D eigenvalue weighted by Gasteiger charge is -2.39. The monoisotopic (exact) mass is 417 g/mol. The Morgan fingerprint density at radius 2 is 1.52 bits per heavy atom. The predicted molar refractivity (Wildman–Crippen MR) is 125 cm³/mol. The molecule has 2 amide bonds. The topological polar surface area (TPSA) is 35.6 Å². The van der Waals surface area contributed by atoms with Gasteiger partial charge in [-0.1, -0.05) is 54.6 Å². The number of likely N-dealkylation sites (tertiary alicyclic amines) is 1. The quantitative estimate of drug-likeness (QED) is 0.722. The highest BCUT2D eigenvalue weighted by Gasteiger charge is 2.43. The number of fused-ring (bicyclic) bond motifs is 2. The minimum absolute atomic E-state index is 0.143. The molecule has 1 N–H and O–H groups in total. The van der Waals surface area contributed by atoms with Crippen LogP contribution in [0.3, 0.4) is 0 Å². The Morgan fingerprint density at radius 3 is 2.19 bits per heavy atom. The van der Waals surface area contributed by atoms with Crippen molar-refractivity contribution in [2.24, 2.45) is 0 Å². The summed E-state index contributed by atoms with van der Waals surface area (Å²) in [5.74, 6) is 0.599. The highest BCUT2D eigenvalue weighted by Crippen LogP contribution is 2.42. The van der Waals surface area contributed by atoms with Crippen LogP contribution in [0.15, 0.2) is 54.6 Å². The summed E-state index contributed by atoms with van der Waals surface area (Å²) in [6, 6.07) is 20.7. The van der Waals surface area contributed by atoms with Gasteiger partial charge in [0, 0.05) is 25.2 Å². The Balaban J connectivity index is 1.09. The summed E-state index contributed by atoms with van der Waals surface area (Å²) in [5.41, 5.74) is 4.14. The van der Waals surface area contributed by atoms with Gasteiger partial charge >= 0.3 is 6.03 Å². The van der Waals surface area contributed by atoms with Gasteiger partial charge in [0.25, 0.3) is 0 Å². The van der Waals surface area contributed by atoms with Crippen LogP contribution in [0.4, 0.5) is 4.79 Å². The van der Waals surface area contributed by atoms with Gasteiger partial charge in [0.2, 0.25) is 0 Å². The first-order chi connectivity index (χ1) is 15.3. The van der Waals surface area contributed by atoms with Gasteiger partial charge in [0.05, 0.1) is 0 Å². The smallest absolute Gasteiger partial charge is 0.317 e. The second-order valence-electron chi connectivity index (χ2n) is 9.65. The fraction of sp³-hybridized carbons (Fsp3) is 0.519. The third kappa shape index (κ3) is 4.79. The molecule has 2 bridgehead atoms. The summed E-state index contributed by atoms with van der Waals surface area (Å²) in [5, 5.41) is 3.21. The third-order valence-electron chi connectivity index (χ3n) is 7.56. The van der Waals surface area contributed by atoms with Crippen LogP contribution in [-0.4, -0.2) is 47.5 Å². The van der Waals surface area contributed by atoms with Gasteiger partial charge in [0.15, 0.2) is 0 Å². The van der Waals surface area contributed by atoms with Crippen molar-refractivity contribution in [2.45, 2.75) is 69.5 Å². The molecule has 2 unspecified atom stereocenters. The molecule has 31 heavy (non-hydrogen) atoms. The Bertz CT molecular complexity index is 846. The first-order valence-electron chi connectivity index (χ1n) is 12.2. The van der Waals surface area contributed by atoms with E-state index in [-0.39, 0.29) is 6.03 Å². The summed E-state index contributed by atoms with van der Waals surface area (Å²) < 4.78 is 0. The number of carbonyl (C=O) groups excluding carboxylic acids is 1. The van der Waals surface area contributed by atoms with E-state index in [0.717, 1.165) is 38.6 Å². The van der Waals surface area contributed by atoms with Crippen molar-refractivity contribution in [2.75, 3.05) is 19.6 Å². The van der Waals surface area contributed by atoms with E-state index in [4.69, 9.17) is 0 Å². The second kappa shape index (κ2) is 9.44. The van der Waals surface area contributed by atoms with Crippen LogP contribution in [0.5, 0.6) is 0 Å². The Labute approximate surface area is 186 Å². The normalized spacial score (nSPS) is 25.7. The summed E-state index contributed by atoms with van der Waals surface area (Å²) in [4.78, 5) is 17.6. The van der Waals surface area contributed by atoms with Gasteiger partial charge in [0.1, 0.15) is 0 Å². The molecule has 2 atom stereocenters. The van der Waals surface area contributed by atoms with E-state index in [1.165, 1.54) is 42.6 Å². The van der Waals surface area contributed by atoms with E-state index in [0.29, 0.717) is 24.5 Å². The van der Waals surface area contributed by atoms with Crippen LogP contribution in [0.2, 0.25) is 0 Å². The zero-order valence-electron chi connectivity index (χ0n) is 18.5. The van der Waals surface area contributed by atoms with E-state index in [1.807, 2.05) is 0 Å². The van der Waals surface area contributed by atoms with Gasteiger partial charge in [-0.05, 0) is 80.6 Å². The van der Waals surface area contributed by atoms with E-state index in [1.54, 1.807) is 0 Å². The molecule has 0 aliphatic carbocycles. The molecule has 3 aliphatic rings. The predicted octanol–water partition coefficient (Wildman–Crippen LogP) is 4.95. The van der Waals surface area contributed by atoms with E-state index < -0.39 is 0 Å². The zero-order valence-corrected chi connectivity index (χ0v) is 18.5. The summed E-state index contributed by atoms with van der Waals surface area (Å²) >= 11 is 0. The molecule has 5 rings (SSSR count). The largest absolute Gasteiger partial charge is 0.338 e. The number of urea groups is 1. The van der Waals surface area contributed by atoms with Crippen molar-refractivity contribution < 1.29 is 4.79 Å². The first kappa shape index (κ1) is 20.6. The maximum Gasteiger partial charge on any atom is 0.317 e. The van der Waals surface area contributed by atoms with Gasteiger partial charge in [-0.15, -0.1) is 0 Å². The van der Waals surface area contributed by atoms with Crippen molar-refractivity contribution in [3.63, 3.8) is 0 Å². The maximum atomic E-state index is 12.9. The fourth-order valence-electron chi connectivity index (χ4n) is 5.92. The van der Waals surface area contributed by atoms with Crippen molar-refractivity contribution in [1.29, 1.82) is 0 Å². The molecule has 3 fully saturated rings. The number of benzene rings is 2. The van der Waals surface area contributed by atoms with Gasteiger partial charge in [-0.25, -0.2) is 4.79 Å². The van der Waals surface area contributed by atoms with Crippen LogP contribution in [0, 0.1) is 0 Å². The van der Waals surface area contributed by atoms with Crippen LogP contribution in [-0.2, 0) is 13.0 Å². The second-order valence-corrected chi connectivity index (χ2v) is 9.65. The highest BCUT2D eigenvalue weighted by atomic mass is 16.2. The minimum atomic E-state index is 0.143. The number of hydrogen-bond acceptors (Lipinski definition) is 2. The molecule has 2 aromatic rings. The van der Waals surface area contributed by atoms with Gasteiger partial charge < -0.3 is 10.2 Å². The van der Waals surface area contributed by atoms with Gasteiger partial charge in [-0.2, -0.15) is 0 Å². The number of nitrogens with one attached hydrogen (secondary N) is 1. The Kier molecular flexibility index (Phi) is 6.26. The molecule has 0 spiro atoms. The van der Waals surface area contributed by atoms with Crippen LogP contribution in [0.25, 0.3) is 0 Å². The Hall–Kier alpha value is -2.33. The SMILES string of the molecule is O=C(NCCc1ccc(CN2CCCC2)cc1)N1C2CCC1CC(c1ccccc1)C2. The third-order valence-corrected chi connectivity index (χ3v) is 7.56. The van der Waals surface area contributed by atoms with E-state index in [9.17, 15) is 4.79 Å². The molecule has 164 valence electrons. The fourth-order valence-corrected chi connectivity index (χ4v) is 5.92. The average Bonchev–Trinajstić information content (AvgIpc) is 3.41.